The lowest BCUT2D eigenvalue weighted by Gasteiger charge is -2.08. The quantitative estimate of drug-likeness (QED) is 0.619. The van der Waals surface area contributed by atoms with Crippen LogP contribution >= 0.6 is 0 Å². The Bertz CT molecular complexity index is 432. The first-order valence-corrected chi connectivity index (χ1v) is 5.54. The maximum absolute atomic E-state index is 11.9. The number of benzene rings is 1. The lowest BCUT2D eigenvalue weighted by Crippen LogP contribution is -2.26. The van der Waals surface area contributed by atoms with Crippen LogP contribution in [0.5, 0.6) is 0 Å². The van der Waals surface area contributed by atoms with Crippen LogP contribution in [0, 0.1) is 19.3 Å². The van der Waals surface area contributed by atoms with Crippen LogP contribution in [0.2, 0.25) is 0 Å². The summed E-state index contributed by atoms with van der Waals surface area (Å²) < 4.78 is 4.91. The molecule has 17 heavy (non-hydrogen) atoms. The van der Waals surface area contributed by atoms with Gasteiger partial charge in [0.2, 0.25) is 0 Å². The molecule has 0 bridgehead atoms. The highest BCUT2D eigenvalue weighted by atomic mass is 16.5. The summed E-state index contributed by atoms with van der Waals surface area (Å²) in [7, 11) is 1.64. The van der Waals surface area contributed by atoms with Crippen LogP contribution in [0.3, 0.4) is 0 Å². The fraction of sp³-hybridized carbons (Fsp3) is 0.357. The van der Waals surface area contributed by atoms with Gasteiger partial charge in [-0.2, -0.15) is 0 Å². The summed E-state index contributed by atoms with van der Waals surface area (Å²) in [6.07, 6.45) is 6.21. The molecule has 0 aliphatic heterocycles. The Morgan fingerprint density at radius 1 is 1.53 bits per heavy atom. The van der Waals surface area contributed by atoms with Crippen molar-refractivity contribution in [2.24, 2.45) is 0 Å². The number of hydrogen-bond donors (Lipinski definition) is 1. The molecule has 0 aliphatic rings. The van der Waals surface area contributed by atoms with Crippen molar-refractivity contribution in [3.63, 3.8) is 0 Å². The monoisotopic (exact) mass is 231 g/mol. The van der Waals surface area contributed by atoms with Crippen LogP contribution in [0.1, 0.15) is 27.9 Å². The van der Waals surface area contributed by atoms with Crippen LogP contribution in [0.15, 0.2) is 18.2 Å². The average Bonchev–Trinajstić information content (AvgIpc) is 2.34. The van der Waals surface area contributed by atoms with Crippen LogP contribution < -0.4 is 5.32 Å². The molecule has 0 spiro atoms. The molecule has 1 aromatic carbocycles. The third-order valence-corrected chi connectivity index (χ3v) is 2.47. The van der Waals surface area contributed by atoms with Crippen molar-refractivity contribution in [1.82, 2.24) is 5.32 Å². The van der Waals surface area contributed by atoms with Crippen molar-refractivity contribution >= 4 is 5.91 Å². The molecular weight excluding hydrogens is 214 g/mol. The van der Waals surface area contributed by atoms with E-state index in [1.807, 2.05) is 19.1 Å². The number of amides is 1. The highest BCUT2D eigenvalue weighted by molar-refractivity contribution is 5.97. The van der Waals surface area contributed by atoms with E-state index < -0.39 is 0 Å². The maximum atomic E-state index is 11.9. The molecule has 0 fully saturated rings. The molecule has 0 heterocycles. The molecule has 0 atom stereocenters. The summed E-state index contributed by atoms with van der Waals surface area (Å²) in [4.78, 5) is 11.9. The zero-order valence-corrected chi connectivity index (χ0v) is 10.2. The smallest absolute Gasteiger partial charge is 0.252 e. The Morgan fingerprint density at radius 3 is 2.94 bits per heavy atom. The summed E-state index contributed by atoms with van der Waals surface area (Å²) in [5, 5.41) is 2.82. The van der Waals surface area contributed by atoms with Crippen molar-refractivity contribution in [3.05, 3.63) is 34.9 Å². The molecule has 3 heteroatoms. The van der Waals surface area contributed by atoms with E-state index in [0.717, 1.165) is 12.0 Å². The lowest BCUT2D eigenvalue weighted by atomic mass is 10.0. The van der Waals surface area contributed by atoms with Crippen molar-refractivity contribution in [1.29, 1.82) is 0 Å². The van der Waals surface area contributed by atoms with Crippen molar-refractivity contribution in [3.8, 4) is 12.3 Å². The van der Waals surface area contributed by atoms with Gasteiger partial charge in [0.1, 0.15) is 0 Å². The summed E-state index contributed by atoms with van der Waals surface area (Å²) >= 11 is 0. The molecule has 0 aliphatic carbocycles. The Morgan fingerprint density at radius 2 is 2.29 bits per heavy atom. The number of ether oxygens (including phenoxy) is 1. The minimum Gasteiger partial charge on any atom is -0.385 e. The number of carbonyl (C=O) groups is 1. The third kappa shape index (κ3) is 3.61. The lowest BCUT2D eigenvalue weighted by molar-refractivity contribution is 0.0948. The highest BCUT2D eigenvalue weighted by Gasteiger charge is 2.10. The molecule has 0 radical (unpaired) electrons. The zero-order valence-electron chi connectivity index (χ0n) is 10.2. The first kappa shape index (κ1) is 13.3. The average molecular weight is 231 g/mol. The maximum Gasteiger partial charge on any atom is 0.252 e. The van der Waals surface area contributed by atoms with Gasteiger partial charge >= 0.3 is 0 Å². The SMILES string of the molecule is C#Cc1c(C)cccc1C(=O)NCCCOC. The van der Waals surface area contributed by atoms with E-state index in [1.54, 1.807) is 13.2 Å². The fourth-order valence-electron chi connectivity index (χ4n) is 1.56. The second-order valence-electron chi connectivity index (χ2n) is 3.74. The van der Waals surface area contributed by atoms with Gasteiger partial charge in [0, 0.05) is 25.8 Å². The minimum absolute atomic E-state index is 0.127. The van der Waals surface area contributed by atoms with E-state index in [2.05, 4.69) is 11.2 Å². The first-order chi connectivity index (χ1) is 8.20. The third-order valence-electron chi connectivity index (χ3n) is 2.47. The molecule has 1 N–H and O–H groups in total. The van der Waals surface area contributed by atoms with E-state index in [9.17, 15) is 4.79 Å². The van der Waals surface area contributed by atoms with E-state index in [0.29, 0.717) is 24.3 Å². The Hall–Kier alpha value is -1.79. The van der Waals surface area contributed by atoms with Gasteiger partial charge in [0.25, 0.3) is 5.91 Å². The van der Waals surface area contributed by atoms with Crippen molar-refractivity contribution < 1.29 is 9.53 Å². The second kappa shape index (κ2) is 6.72. The van der Waals surface area contributed by atoms with Crippen molar-refractivity contribution in [2.45, 2.75) is 13.3 Å². The molecule has 0 saturated carbocycles. The molecule has 0 unspecified atom stereocenters. The Kier molecular flexibility index (Phi) is 5.25. The zero-order chi connectivity index (χ0) is 12.7. The number of aryl methyl sites for hydroxylation is 1. The highest BCUT2D eigenvalue weighted by Crippen LogP contribution is 2.12. The summed E-state index contributed by atoms with van der Waals surface area (Å²) in [6, 6.07) is 5.48. The minimum atomic E-state index is -0.127. The van der Waals surface area contributed by atoms with Gasteiger partial charge in [-0.25, -0.2) is 0 Å². The number of nitrogens with one attached hydrogen (secondary N) is 1. The number of methoxy groups -OCH3 is 1. The van der Waals surface area contributed by atoms with Gasteiger partial charge in [-0.1, -0.05) is 18.1 Å². The number of carbonyl (C=O) groups excluding carboxylic acids is 1. The van der Waals surface area contributed by atoms with Crippen LogP contribution in [0.25, 0.3) is 0 Å². The van der Waals surface area contributed by atoms with E-state index in [1.165, 1.54) is 0 Å². The molecule has 1 amide bonds. The van der Waals surface area contributed by atoms with E-state index in [4.69, 9.17) is 11.2 Å². The molecule has 1 rings (SSSR count). The van der Waals surface area contributed by atoms with Crippen LogP contribution in [0.4, 0.5) is 0 Å². The molecule has 0 saturated heterocycles. The van der Waals surface area contributed by atoms with Gasteiger partial charge in [-0.3, -0.25) is 4.79 Å². The van der Waals surface area contributed by atoms with Crippen molar-refractivity contribution in [2.75, 3.05) is 20.3 Å². The van der Waals surface area contributed by atoms with Gasteiger partial charge in [0.05, 0.1) is 5.56 Å². The summed E-state index contributed by atoms with van der Waals surface area (Å²) in [5.41, 5.74) is 2.17. The predicted molar refractivity (Wildman–Crippen MR) is 67.9 cm³/mol. The summed E-state index contributed by atoms with van der Waals surface area (Å²) in [5.74, 6) is 2.43. The van der Waals surface area contributed by atoms with E-state index in [-0.39, 0.29) is 5.91 Å². The first-order valence-electron chi connectivity index (χ1n) is 5.54. The van der Waals surface area contributed by atoms with Crippen LogP contribution in [-0.2, 0) is 4.74 Å². The fourth-order valence-corrected chi connectivity index (χ4v) is 1.56. The molecule has 0 aromatic heterocycles. The van der Waals surface area contributed by atoms with Gasteiger partial charge in [0.15, 0.2) is 0 Å². The summed E-state index contributed by atoms with van der Waals surface area (Å²) in [6.45, 7) is 3.12. The molecule has 90 valence electrons. The van der Waals surface area contributed by atoms with Gasteiger partial charge < -0.3 is 10.1 Å². The molecule has 3 nitrogen and oxygen atoms in total. The Labute approximate surface area is 102 Å². The Balaban J connectivity index is 2.70. The number of rotatable bonds is 5. The largest absolute Gasteiger partial charge is 0.385 e. The number of terminal acetylenes is 1. The molecule has 1 aromatic rings. The predicted octanol–water partition coefficient (Wildman–Crippen LogP) is 1.74. The van der Waals surface area contributed by atoms with Gasteiger partial charge in [-0.15, -0.1) is 6.42 Å². The van der Waals surface area contributed by atoms with E-state index >= 15 is 0 Å². The normalized spacial score (nSPS) is 9.71. The molecular formula is C14H17NO2. The topological polar surface area (TPSA) is 38.3 Å². The van der Waals surface area contributed by atoms with Crippen LogP contribution in [-0.4, -0.2) is 26.2 Å². The van der Waals surface area contributed by atoms with Gasteiger partial charge in [-0.05, 0) is 25.0 Å². The second-order valence-corrected chi connectivity index (χ2v) is 3.74. The number of hydrogen-bond acceptors (Lipinski definition) is 2. The standard InChI is InChI=1S/C14H17NO2/c1-4-12-11(2)7-5-8-13(12)14(16)15-9-6-10-17-3/h1,5,7-8H,6,9-10H2,2-3H3,(H,15,16).